The largest absolute Gasteiger partial charge is 0.487 e. The van der Waals surface area contributed by atoms with Gasteiger partial charge >= 0.3 is 0 Å². The summed E-state index contributed by atoms with van der Waals surface area (Å²) in [5, 5.41) is 3.07. The van der Waals surface area contributed by atoms with Crippen LogP contribution in [0.15, 0.2) is 42.5 Å². The number of hydrogen-bond donors (Lipinski definition) is 1. The molecule has 3 rings (SSSR count). The number of rotatable bonds is 5. The third-order valence-electron chi connectivity index (χ3n) is 5.28. The number of aryl methyl sites for hydroxylation is 2. The van der Waals surface area contributed by atoms with Crippen molar-refractivity contribution in [3.05, 3.63) is 59.2 Å². The molecule has 30 heavy (non-hydrogen) atoms. The van der Waals surface area contributed by atoms with E-state index in [1.807, 2.05) is 52.0 Å². The standard InChI is InChI=1S/C23H30N2O4S/c1-15-8-7-9-18(12-15)25(30(6,27)28)17(3)22(26)24-20-14-23(4,5)29-21-11-10-16(2)13-19(20)21/h7-13,17,20H,14H2,1-6H3,(H,24,26)/t17-,20+/m1/s1. The molecule has 1 heterocycles. The fourth-order valence-electron chi connectivity index (χ4n) is 3.97. The highest BCUT2D eigenvalue weighted by Crippen LogP contribution is 2.40. The van der Waals surface area contributed by atoms with E-state index in [9.17, 15) is 13.2 Å². The van der Waals surface area contributed by atoms with Crippen molar-refractivity contribution in [2.24, 2.45) is 0 Å². The van der Waals surface area contributed by atoms with Gasteiger partial charge in [-0.15, -0.1) is 0 Å². The summed E-state index contributed by atoms with van der Waals surface area (Å²) in [7, 11) is -3.66. The molecule has 1 amide bonds. The average molecular weight is 431 g/mol. The average Bonchev–Trinajstić information content (AvgIpc) is 2.60. The zero-order valence-electron chi connectivity index (χ0n) is 18.4. The van der Waals surface area contributed by atoms with E-state index < -0.39 is 21.7 Å². The Labute approximate surface area is 179 Å². The molecular formula is C23H30N2O4S. The lowest BCUT2D eigenvalue weighted by atomic mass is 9.89. The summed E-state index contributed by atoms with van der Waals surface area (Å²) in [6.45, 7) is 9.45. The number of fused-ring (bicyclic) bond motifs is 1. The van der Waals surface area contributed by atoms with Crippen LogP contribution >= 0.6 is 0 Å². The van der Waals surface area contributed by atoms with Crippen molar-refractivity contribution >= 4 is 21.6 Å². The van der Waals surface area contributed by atoms with Gasteiger partial charge in [-0.1, -0.05) is 29.8 Å². The van der Waals surface area contributed by atoms with Crippen LogP contribution < -0.4 is 14.4 Å². The van der Waals surface area contributed by atoms with Gasteiger partial charge in [-0.05, 0) is 58.4 Å². The predicted octanol–water partition coefficient (Wildman–Crippen LogP) is 3.88. The molecule has 1 N–H and O–H groups in total. The molecule has 0 aromatic heterocycles. The number of benzene rings is 2. The Bertz CT molecular complexity index is 1060. The monoisotopic (exact) mass is 430 g/mol. The van der Waals surface area contributed by atoms with Crippen LogP contribution in [0.2, 0.25) is 0 Å². The molecular weight excluding hydrogens is 400 g/mol. The van der Waals surface area contributed by atoms with Crippen molar-refractivity contribution in [3.63, 3.8) is 0 Å². The number of amides is 1. The number of carbonyl (C=O) groups excluding carboxylic acids is 1. The third kappa shape index (κ3) is 4.78. The van der Waals surface area contributed by atoms with Gasteiger partial charge in [-0.25, -0.2) is 8.42 Å². The highest BCUT2D eigenvalue weighted by atomic mass is 32.2. The first-order chi connectivity index (χ1) is 13.9. The first-order valence-electron chi connectivity index (χ1n) is 10.0. The highest BCUT2D eigenvalue weighted by Gasteiger charge is 2.37. The van der Waals surface area contributed by atoms with Gasteiger partial charge in [0.1, 0.15) is 17.4 Å². The molecule has 0 fully saturated rings. The Hall–Kier alpha value is -2.54. The van der Waals surface area contributed by atoms with Crippen LogP contribution in [0, 0.1) is 13.8 Å². The van der Waals surface area contributed by atoms with Gasteiger partial charge in [-0.3, -0.25) is 9.10 Å². The molecule has 1 aliphatic rings. The van der Waals surface area contributed by atoms with Gasteiger partial charge in [0, 0.05) is 12.0 Å². The summed E-state index contributed by atoms with van der Waals surface area (Å²) in [5.41, 5.74) is 2.93. The van der Waals surface area contributed by atoms with Crippen LogP contribution in [0.4, 0.5) is 5.69 Å². The summed E-state index contributed by atoms with van der Waals surface area (Å²) < 4.78 is 32.4. The molecule has 0 unspecified atom stereocenters. The van der Waals surface area contributed by atoms with Gasteiger partial charge in [0.15, 0.2) is 0 Å². The van der Waals surface area contributed by atoms with Crippen molar-refractivity contribution in [2.75, 3.05) is 10.6 Å². The molecule has 0 radical (unpaired) electrons. The van der Waals surface area contributed by atoms with Crippen molar-refractivity contribution in [1.82, 2.24) is 5.32 Å². The van der Waals surface area contributed by atoms with E-state index in [1.54, 1.807) is 25.1 Å². The summed E-state index contributed by atoms with van der Waals surface area (Å²) in [4.78, 5) is 13.2. The quantitative estimate of drug-likeness (QED) is 0.781. The van der Waals surface area contributed by atoms with E-state index in [1.165, 1.54) is 4.31 Å². The second-order valence-corrected chi connectivity index (χ2v) is 10.6. The van der Waals surface area contributed by atoms with Crippen molar-refractivity contribution in [1.29, 1.82) is 0 Å². The molecule has 162 valence electrons. The Morgan fingerprint density at radius 1 is 1.17 bits per heavy atom. The Morgan fingerprint density at radius 3 is 2.47 bits per heavy atom. The number of carbonyl (C=O) groups is 1. The van der Waals surface area contributed by atoms with E-state index in [-0.39, 0.29) is 11.9 Å². The summed E-state index contributed by atoms with van der Waals surface area (Å²) in [6.07, 6.45) is 1.71. The van der Waals surface area contributed by atoms with Crippen LogP contribution in [-0.2, 0) is 14.8 Å². The predicted molar refractivity (Wildman–Crippen MR) is 119 cm³/mol. The van der Waals surface area contributed by atoms with Crippen LogP contribution in [0.3, 0.4) is 0 Å². The van der Waals surface area contributed by atoms with E-state index in [2.05, 4.69) is 5.32 Å². The minimum absolute atomic E-state index is 0.266. The van der Waals surface area contributed by atoms with Crippen molar-refractivity contribution < 1.29 is 17.9 Å². The maximum Gasteiger partial charge on any atom is 0.244 e. The lowest BCUT2D eigenvalue weighted by Gasteiger charge is -2.39. The van der Waals surface area contributed by atoms with Crippen LogP contribution in [0.25, 0.3) is 0 Å². The molecule has 2 aromatic carbocycles. The second kappa shape index (κ2) is 7.95. The van der Waals surface area contributed by atoms with Crippen molar-refractivity contribution in [2.45, 2.75) is 58.7 Å². The molecule has 1 aliphatic heterocycles. The van der Waals surface area contributed by atoms with Crippen LogP contribution in [0.5, 0.6) is 5.75 Å². The van der Waals surface area contributed by atoms with E-state index >= 15 is 0 Å². The summed E-state index contributed by atoms with van der Waals surface area (Å²) in [5.74, 6) is 0.394. The van der Waals surface area contributed by atoms with Gasteiger partial charge < -0.3 is 10.1 Å². The van der Waals surface area contributed by atoms with E-state index in [4.69, 9.17) is 4.74 Å². The van der Waals surface area contributed by atoms with Gasteiger partial charge in [0.05, 0.1) is 18.0 Å². The molecule has 2 atom stereocenters. The lowest BCUT2D eigenvalue weighted by molar-refractivity contribution is -0.123. The van der Waals surface area contributed by atoms with Crippen LogP contribution in [0.1, 0.15) is 49.9 Å². The van der Waals surface area contributed by atoms with E-state index in [0.717, 1.165) is 28.7 Å². The third-order valence-corrected chi connectivity index (χ3v) is 6.53. The minimum atomic E-state index is -3.66. The number of hydrogen-bond acceptors (Lipinski definition) is 4. The number of anilines is 1. The topological polar surface area (TPSA) is 75.7 Å². The van der Waals surface area contributed by atoms with Gasteiger partial charge in [-0.2, -0.15) is 0 Å². The fraction of sp³-hybridized carbons (Fsp3) is 0.435. The Morgan fingerprint density at radius 2 is 1.83 bits per heavy atom. The molecule has 2 aromatic rings. The lowest BCUT2D eigenvalue weighted by Crippen LogP contribution is -2.50. The number of nitrogens with one attached hydrogen (secondary N) is 1. The molecule has 0 aliphatic carbocycles. The molecule has 0 saturated heterocycles. The SMILES string of the molecule is Cc1cccc(N([C@H](C)C(=O)N[C@H]2CC(C)(C)Oc3ccc(C)cc32)S(C)(=O)=O)c1. The molecule has 7 heteroatoms. The van der Waals surface area contributed by atoms with E-state index in [0.29, 0.717) is 12.1 Å². The zero-order chi connectivity index (χ0) is 22.3. The molecule has 0 bridgehead atoms. The molecule has 6 nitrogen and oxygen atoms in total. The Balaban J connectivity index is 1.91. The first kappa shape index (κ1) is 22.2. The molecule has 0 spiro atoms. The van der Waals surface area contributed by atoms with Crippen molar-refractivity contribution in [3.8, 4) is 5.75 Å². The number of nitrogens with zero attached hydrogens (tertiary/aromatic N) is 1. The maximum atomic E-state index is 13.2. The maximum absolute atomic E-state index is 13.2. The van der Waals surface area contributed by atoms with Gasteiger partial charge in [0.2, 0.25) is 15.9 Å². The Kier molecular flexibility index (Phi) is 5.87. The first-order valence-corrected chi connectivity index (χ1v) is 11.9. The zero-order valence-corrected chi connectivity index (χ0v) is 19.2. The van der Waals surface area contributed by atoms with Gasteiger partial charge in [0.25, 0.3) is 0 Å². The second-order valence-electron chi connectivity index (χ2n) is 8.74. The number of sulfonamides is 1. The normalized spacial score (nSPS) is 18.7. The number of ether oxygens (including phenoxy) is 1. The minimum Gasteiger partial charge on any atom is -0.487 e. The highest BCUT2D eigenvalue weighted by molar-refractivity contribution is 7.92. The smallest absolute Gasteiger partial charge is 0.244 e. The van der Waals surface area contributed by atoms with Crippen LogP contribution in [-0.4, -0.2) is 32.2 Å². The molecule has 0 saturated carbocycles. The summed E-state index contributed by atoms with van der Waals surface area (Å²) >= 11 is 0. The fourth-order valence-corrected chi connectivity index (χ4v) is 5.14. The summed E-state index contributed by atoms with van der Waals surface area (Å²) in [6, 6.07) is 11.9.